The Bertz CT molecular complexity index is 970. The van der Waals surface area contributed by atoms with E-state index in [1.54, 1.807) is 0 Å². The normalized spacial score (nSPS) is 22.0. The number of nitrogens with zero attached hydrogens (tertiary/aromatic N) is 1. The first-order chi connectivity index (χ1) is 13.5. The lowest BCUT2D eigenvalue weighted by atomic mass is 9.84. The smallest absolute Gasteiger partial charge is 0.437 e. The van der Waals surface area contributed by atoms with Gasteiger partial charge in [-0.05, 0) is 44.7 Å². The van der Waals surface area contributed by atoms with Crippen molar-refractivity contribution in [1.29, 1.82) is 0 Å². The first-order valence-corrected chi connectivity index (χ1v) is 11.2. The standard InChI is InChI=1S/C19H24F3NO5S/c1-3-6-13-16(10-9-14-17(13)28-23-18(14)19(20,21)22)27-15-8-5-4-7-12(15)11(2)29(24,25)26/h9-12,15H,3-8H2,1-2H3,(H,24,25,26)/t11?,12-,15-/m0/s1. The van der Waals surface area contributed by atoms with Crippen molar-refractivity contribution in [1.82, 2.24) is 5.16 Å². The summed E-state index contributed by atoms with van der Waals surface area (Å²) in [7, 11) is -4.23. The zero-order chi connectivity index (χ0) is 21.4. The number of rotatable bonds is 6. The summed E-state index contributed by atoms with van der Waals surface area (Å²) >= 11 is 0. The second kappa shape index (κ2) is 8.14. The highest BCUT2D eigenvalue weighted by Gasteiger charge is 2.39. The Hall–Kier alpha value is -1.81. The summed E-state index contributed by atoms with van der Waals surface area (Å²) in [6.07, 6.45) is -1.20. The minimum Gasteiger partial charge on any atom is -0.490 e. The van der Waals surface area contributed by atoms with Crippen molar-refractivity contribution in [3.63, 3.8) is 0 Å². The molecule has 0 bridgehead atoms. The molecule has 10 heteroatoms. The van der Waals surface area contributed by atoms with Gasteiger partial charge in [0.1, 0.15) is 11.9 Å². The van der Waals surface area contributed by atoms with Crippen molar-refractivity contribution in [2.45, 2.75) is 69.9 Å². The van der Waals surface area contributed by atoms with Gasteiger partial charge in [0, 0.05) is 11.5 Å². The molecule has 0 spiro atoms. The highest BCUT2D eigenvalue weighted by Crippen LogP contribution is 2.40. The number of fused-ring (bicyclic) bond motifs is 1. The molecular weight excluding hydrogens is 411 g/mol. The molecule has 1 saturated carbocycles. The van der Waals surface area contributed by atoms with E-state index in [0.29, 0.717) is 37.0 Å². The predicted molar refractivity (Wildman–Crippen MR) is 100 cm³/mol. The van der Waals surface area contributed by atoms with Gasteiger partial charge < -0.3 is 9.26 Å². The van der Waals surface area contributed by atoms with Gasteiger partial charge in [-0.15, -0.1) is 0 Å². The van der Waals surface area contributed by atoms with Gasteiger partial charge in [0.25, 0.3) is 10.1 Å². The lowest BCUT2D eigenvalue weighted by Crippen LogP contribution is -2.40. The molecule has 1 fully saturated rings. The van der Waals surface area contributed by atoms with Gasteiger partial charge in [-0.2, -0.15) is 21.6 Å². The molecule has 1 aromatic carbocycles. The van der Waals surface area contributed by atoms with E-state index in [1.165, 1.54) is 19.1 Å². The van der Waals surface area contributed by atoms with Crippen LogP contribution in [-0.2, 0) is 22.7 Å². The summed E-state index contributed by atoms with van der Waals surface area (Å²) < 4.78 is 83.4. The van der Waals surface area contributed by atoms with Crippen molar-refractivity contribution < 1.29 is 35.4 Å². The summed E-state index contributed by atoms with van der Waals surface area (Å²) in [5.74, 6) is -0.0481. The molecular formula is C19H24F3NO5S. The lowest BCUT2D eigenvalue weighted by Gasteiger charge is -2.34. The predicted octanol–water partition coefficient (Wildman–Crippen LogP) is 5.01. The van der Waals surface area contributed by atoms with E-state index in [4.69, 9.17) is 9.26 Å². The molecule has 1 aromatic heterocycles. The molecule has 1 N–H and O–H groups in total. The van der Waals surface area contributed by atoms with E-state index >= 15 is 0 Å². The Morgan fingerprint density at radius 3 is 2.62 bits per heavy atom. The van der Waals surface area contributed by atoms with Crippen LogP contribution in [0, 0.1) is 5.92 Å². The Balaban J connectivity index is 1.99. The number of halogens is 3. The van der Waals surface area contributed by atoms with Crippen LogP contribution in [-0.4, -0.2) is 29.5 Å². The monoisotopic (exact) mass is 435 g/mol. The average Bonchev–Trinajstić information content (AvgIpc) is 3.07. The topological polar surface area (TPSA) is 89.6 Å². The van der Waals surface area contributed by atoms with E-state index in [0.717, 1.165) is 12.8 Å². The van der Waals surface area contributed by atoms with Crippen molar-refractivity contribution in [3.05, 3.63) is 23.4 Å². The quantitative estimate of drug-likeness (QED) is 0.642. The molecule has 1 heterocycles. The molecule has 6 nitrogen and oxygen atoms in total. The van der Waals surface area contributed by atoms with Gasteiger partial charge >= 0.3 is 6.18 Å². The van der Waals surface area contributed by atoms with Gasteiger partial charge in [-0.3, -0.25) is 4.55 Å². The van der Waals surface area contributed by atoms with Gasteiger partial charge in [0.15, 0.2) is 11.3 Å². The van der Waals surface area contributed by atoms with Crippen LogP contribution >= 0.6 is 0 Å². The first-order valence-electron chi connectivity index (χ1n) is 9.65. The third-order valence-corrected chi connectivity index (χ3v) is 6.86. The molecule has 0 amide bonds. The molecule has 1 aliphatic carbocycles. The van der Waals surface area contributed by atoms with Crippen LogP contribution in [0.4, 0.5) is 13.2 Å². The number of hydrogen-bond donors (Lipinski definition) is 1. The summed E-state index contributed by atoms with van der Waals surface area (Å²) in [6.45, 7) is 3.33. The van der Waals surface area contributed by atoms with E-state index in [1.807, 2.05) is 6.92 Å². The zero-order valence-corrected chi connectivity index (χ0v) is 17.0. The van der Waals surface area contributed by atoms with Crippen LogP contribution in [0.25, 0.3) is 11.0 Å². The maximum atomic E-state index is 13.2. The molecule has 0 aliphatic heterocycles. The van der Waals surface area contributed by atoms with Crippen molar-refractivity contribution in [2.75, 3.05) is 0 Å². The number of aromatic nitrogens is 1. The minimum absolute atomic E-state index is 0.0341. The van der Waals surface area contributed by atoms with Crippen LogP contribution < -0.4 is 4.74 Å². The molecule has 1 aliphatic rings. The van der Waals surface area contributed by atoms with Crippen LogP contribution in [0.1, 0.15) is 57.2 Å². The Morgan fingerprint density at radius 2 is 2.00 bits per heavy atom. The molecule has 2 aromatic rings. The lowest BCUT2D eigenvalue weighted by molar-refractivity contribution is -0.141. The fourth-order valence-corrected chi connectivity index (χ4v) is 4.79. The number of hydrogen-bond acceptors (Lipinski definition) is 5. The third-order valence-electron chi connectivity index (χ3n) is 5.57. The molecule has 29 heavy (non-hydrogen) atoms. The second-order valence-corrected chi connectivity index (χ2v) is 9.30. The van der Waals surface area contributed by atoms with Crippen LogP contribution in [0.15, 0.2) is 16.7 Å². The Kier molecular flexibility index (Phi) is 6.14. The fraction of sp³-hybridized carbons (Fsp3) is 0.632. The molecule has 1 unspecified atom stereocenters. The Labute approximate surface area is 167 Å². The molecule has 162 valence electrons. The maximum Gasteiger partial charge on any atom is 0.437 e. The SMILES string of the molecule is CCCc1c(O[C@H]2CCCC[C@H]2C(C)S(=O)(=O)O)ccc2c(C(F)(F)F)noc12. The molecule has 3 atom stereocenters. The van der Waals surface area contributed by atoms with Crippen LogP contribution in [0.3, 0.4) is 0 Å². The van der Waals surface area contributed by atoms with Crippen molar-refractivity contribution in [2.24, 2.45) is 5.92 Å². The summed E-state index contributed by atoms with van der Waals surface area (Å²) in [5, 5.41) is 2.09. The number of alkyl halides is 3. The third kappa shape index (κ3) is 4.53. The van der Waals surface area contributed by atoms with E-state index in [2.05, 4.69) is 5.16 Å². The van der Waals surface area contributed by atoms with Crippen LogP contribution in [0.2, 0.25) is 0 Å². The number of ether oxygens (including phenoxy) is 1. The first kappa shape index (κ1) is 21.9. The molecule has 0 saturated heterocycles. The summed E-state index contributed by atoms with van der Waals surface area (Å²) in [4.78, 5) is 0. The summed E-state index contributed by atoms with van der Waals surface area (Å²) in [5.41, 5.74) is -0.560. The average molecular weight is 435 g/mol. The van der Waals surface area contributed by atoms with Crippen LogP contribution in [0.5, 0.6) is 5.75 Å². The second-order valence-electron chi connectivity index (χ2n) is 7.52. The maximum absolute atomic E-state index is 13.2. The highest BCUT2D eigenvalue weighted by atomic mass is 32.2. The van der Waals surface area contributed by atoms with E-state index in [-0.39, 0.29) is 11.0 Å². The van der Waals surface area contributed by atoms with E-state index < -0.39 is 39.3 Å². The largest absolute Gasteiger partial charge is 0.490 e. The Morgan fingerprint density at radius 1 is 1.31 bits per heavy atom. The zero-order valence-electron chi connectivity index (χ0n) is 16.2. The fourth-order valence-electron chi connectivity index (χ4n) is 4.04. The highest BCUT2D eigenvalue weighted by molar-refractivity contribution is 7.86. The number of aryl methyl sites for hydroxylation is 1. The van der Waals surface area contributed by atoms with Gasteiger partial charge in [-0.25, -0.2) is 0 Å². The van der Waals surface area contributed by atoms with Crippen molar-refractivity contribution in [3.8, 4) is 5.75 Å². The van der Waals surface area contributed by atoms with Gasteiger partial charge in [0.05, 0.1) is 10.6 Å². The van der Waals surface area contributed by atoms with E-state index in [9.17, 15) is 26.1 Å². The van der Waals surface area contributed by atoms with Gasteiger partial charge in [-0.1, -0.05) is 24.9 Å². The van der Waals surface area contributed by atoms with Crippen molar-refractivity contribution >= 4 is 21.1 Å². The number of benzene rings is 1. The molecule has 3 rings (SSSR count). The molecule has 0 radical (unpaired) electrons. The van der Waals surface area contributed by atoms with Gasteiger partial charge in [0.2, 0.25) is 0 Å². The minimum atomic E-state index is -4.63. The summed E-state index contributed by atoms with van der Waals surface area (Å²) in [6, 6.07) is 2.73.